The van der Waals surface area contributed by atoms with Crippen LogP contribution in [0, 0.1) is 0 Å². The number of rotatable bonds is 9. The summed E-state index contributed by atoms with van der Waals surface area (Å²) in [5.74, 6) is 1.63. The molecule has 0 atom stereocenters. The van der Waals surface area contributed by atoms with Crippen molar-refractivity contribution >= 4 is 35.8 Å². The molecular formula is C22H31IN4O2. The lowest BCUT2D eigenvalue weighted by atomic mass is 10.2. The third-order valence-corrected chi connectivity index (χ3v) is 4.21. The van der Waals surface area contributed by atoms with Gasteiger partial charge in [0.2, 0.25) is 5.91 Å². The van der Waals surface area contributed by atoms with Crippen molar-refractivity contribution in [3.63, 3.8) is 0 Å². The third-order valence-electron chi connectivity index (χ3n) is 4.21. The molecule has 2 N–H and O–H groups in total. The molecule has 2 aromatic rings. The molecule has 29 heavy (non-hydrogen) atoms. The zero-order valence-corrected chi connectivity index (χ0v) is 19.7. The van der Waals surface area contributed by atoms with Gasteiger partial charge in [-0.25, -0.2) is 0 Å². The van der Waals surface area contributed by atoms with E-state index in [1.807, 2.05) is 73.5 Å². The Labute approximate surface area is 190 Å². The van der Waals surface area contributed by atoms with Gasteiger partial charge in [-0.05, 0) is 30.2 Å². The molecule has 0 saturated carbocycles. The molecule has 0 unspecified atom stereocenters. The van der Waals surface area contributed by atoms with E-state index in [4.69, 9.17) is 4.74 Å². The molecule has 7 heteroatoms. The van der Waals surface area contributed by atoms with Crippen molar-refractivity contribution in [2.24, 2.45) is 4.99 Å². The summed E-state index contributed by atoms with van der Waals surface area (Å²) in [6.45, 7) is 4.50. The molecule has 0 heterocycles. The van der Waals surface area contributed by atoms with Crippen LogP contribution in [0.5, 0.6) is 5.75 Å². The summed E-state index contributed by atoms with van der Waals surface area (Å²) in [4.78, 5) is 18.7. The van der Waals surface area contributed by atoms with Gasteiger partial charge < -0.3 is 20.3 Å². The van der Waals surface area contributed by atoms with Crippen molar-refractivity contribution < 1.29 is 9.53 Å². The fraction of sp³-hybridized carbons (Fsp3) is 0.364. The maximum absolute atomic E-state index is 12.1. The first-order chi connectivity index (χ1) is 13.6. The van der Waals surface area contributed by atoms with Gasteiger partial charge in [0.25, 0.3) is 0 Å². The Balaban J connectivity index is 0.00000420. The molecule has 0 radical (unpaired) electrons. The number of hydrogen-bond acceptors (Lipinski definition) is 3. The topological polar surface area (TPSA) is 66.0 Å². The van der Waals surface area contributed by atoms with Crippen LogP contribution in [-0.2, 0) is 17.9 Å². The molecule has 0 spiro atoms. The lowest BCUT2D eigenvalue weighted by Gasteiger charge is -2.22. The first-order valence-electron chi connectivity index (χ1n) is 9.55. The summed E-state index contributed by atoms with van der Waals surface area (Å²) in [6.07, 6.45) is 0.359. The lowest BCUT2D eigenvalue weighted by Crippen LogP contribution is -2.38. The van der Waals surface area contributed by atoms with Crippen molar-refractivity contribution in [2.45, 2.75) is 26.4 Å². The van der Waals surface area contributed by atoms with E-state index in [-0.39, 0.29) is 29.9 Å². The summed E-state index contributed by atoms with van der Waals surface area (Å²) in [5.41, 5.74) is 2.25. The van der Waals surface area contributed by atoms with Crippen molar-refractivity contribution in [3.05, 3.63) is 65.7 Å². The molecule has 0 aliphatic rings. The standard InChI is InChI=1S/C22H30N4O2.HI/c1-4-23-22(26(2)17-19-10-12-20(28-3)13-11-19)24-15-14-21(27)25-16-18-8-6-5-7-9-18;/h5-13H,4,14-17H2,1-3H3,(H,23,24)(H,25,27);1H. The molecule has 0 fully saturated rings. The third kappa shape index (κ3) is 9.17. The minimum Gasteiger partial charge on any atom is -0.497 e. The summed E-state index contributed by atoms with van der Waals surface area (Å²) in [6, 6.07) is 17.9. The summed E-state index contributed by atoms with van der Waals surface area (Å²) in [5, 5.41) is 6.21. The highest BCUT2D eigenvalue weighted by molar-refractivity contribution is 14.0. The van der Waals surface area contributed by atoms with Gasteiger partial charge in [0.1, 0.15) is 5.75 Å². The van der Waals surface area contributed by atoms with Gasteiger partial charge >= 0.3 is 0 Å². The van der Waals surface area contributed by atoms with E-state index in [0.717, 1.165) is 35.9 Å². The van der Waals surface area contributed by atoms with Crippen molar-refractivity contribution in [1.82, 2.24) is 15.5 Å². The van der Waals surface area contributed by atoms with Crippen molar-refractivity contribution in [2.75, 3.05) is 27.2 Å². The SMILES string of the molecule is CCNC(=NCCC(=O)NCc1ccccc1)N(C)Cc1ccc(OC)cc1.I. The number of hydrogen-bond donors (Lipinski definition) is 2. The number of ether oxygens (including phenoxy) is 1. The van der Waals surface area contributed by atoms with Crippen molar-refractivity contribution in [1.29, 1.82) is 0 Å². The summed E-state index contributed by atoms with van der Waals surface area (Å²) in [7, 11) is 3.65. The monoisotopic (exact) mass is 510 g/mol. The van der Waals surface area contributed by atoms with Crippen LogP contribution in [-0.4, -0.2) is 44.0 Å². The van der Waals surface area contributed by atoms with E-state index >= 15 is 0 Å². The predicted octanol–water partition coefficient (Wildman–Crippen LogP) is 3.42. The Kier molecular flexibility index (Phi) is 11.8. The predicted molar refractivity (Wildman–Crippen MR) is 129 cm³/mol. The molecule has 2 rings (SSSR count). The number of carbonyl (C=O) groups is 1. The maximum Gasteiger partial charge on any atom is 0.222 e. The van der Waals surface area contributed by atoms with Crippen LogP contribution in [0.2, 0.25) is 0 Å². The lowest BCUT2D eigenvalue weighted by molar-refractivity contribution is -0.121. The minimum atomic E-state index is 0. The average Bonchev–Trinajstić information content (AvgIpc) is 2.73. The Morgan fingerprint density at radius 1 is 1.03 bits per heavy atom. The van der Waals surface area contributed by atoms with Crippen LogP contribution in [0.3, 0.4) is 0 Å². The zero-order valence-electron chi connectivity index (χ0n) is 17.4. The molecule has 0 aromatic heterocycles. The number of carbonyl (C=O) groups excluding carboxylic acids is 1. The second kappa shape index (κ2) is 13.8. The second-order valence-corrected chi connectivity index (χ2v) is 6.45. The number of nitrogens with zero attached hydrogens (tertiary/aromatic N) is 2. The smallest absolute Gasteiger partial charge is 0.222 e. The zero-order chi connectivity index (χ0) is 20.2. The van der Waals surface area contributed by atoms with E-state index < -0.39 is 0 Å². The van der Waals surface area contributed by atoms with Gasteiger partial charge in [-0.3, -0.25) is 9.79 Å². The number of amides is 1. The summed E-state index contributed by atoms with van der Waals surface area (Å²) < 4.78 is 5.20. The van der Waals surface area contributed by atoms with Crippen LogP contribution in [0.1, 0.15) is 24.5 Å². The van der Waals surface area contributed by atoms with E-state index in [0.29, 0.717) is 19.5 Å². The van der Waals surface area contributed by atoms with Crippen LogP contribution >= 0.6 is 24.0 Å². The fourth-order valence-electron chi connectivity index (χ4n) is 2.70. The highest BCUT2D eigenvalue weighted by atomic mass is 127. The van der Waals surface area contributed by atoms with Gasteiger partial charge in [0.15, 0.2) is 5.96 Å². The number of halogens is 1. The molecule has 6 nitrogen and oxygen atoms in total. The van der Waals surface area contributed by atoms with Gasteiger partial charge in [-0.15, -0.1) is 24.0 Å². The largest absolute Gasteiger partial charge is 0.497 e. The summed E-state index contributed by atoms with van der Waals surface area (Å²) >= 11 is 0. The first kappa shape index (κ1) is 24.7. The molecule has 158 valence electrons. The molecule has 0 aliphatic carbocycles. The fourth-order valence-corrected chi connectivity index (χ4v) is 2.70. The number of methoxy groups -OCH3 is 1. The molecule has 0 saturated heterocycles. The Hall–Kier alpha value is -2.29. The molecule has 0 bridgehead atoms. The van der Waals surface area contributed by atoms with Gasteiger partial charge in [-0.1, -0.05) is 42.5 Å². The van der Waals surface area contributed by atoms with Crippen LogP contribution in [0.25, 0.3) is 0 Å². The number of aliphatic imine (C=N–C) groups is 1. The average molecular weight is 510 g/mol. The van der Waals surface area contributed by atoms with E-state index in [2.05, 4.69) is 15.6 Å². The van der Waals surface area contributed by atoms with E-state index in [1.165, 1.54) is 0 Å². The molecule has 1 amide bonds. The molecule has 2 aromatic carbocycles. The quantitative estimate of drug-likeness (QED) is 0.308. The van der Waals surface area contributed by atoms with Crippen LogP contribution < -0.4 is 15.4 Å². The highest BCUT2D eigenvalue weighted by Crippen LogP contribution is 2.12. The Morgan fingerprint density at radius 2 is 1.72 bits per heavy atom. The number of nitrogens with one attached hydrogen (secondary N) is 2. The van der Waals surface area contributed by atoms with Gasteiger partial charge in [-0.2, -0.15) is 0 Å². The van der Waals surface area contributed by atoms with E-state index in [9.17, 15) is 4.79 Å². The molecule has 0 aliphatic heterocycles. The number of benzene rings is 2. The van der Waals surface area contributed by atoms with Crippen LogP contribution in [0.15, 0.2) is 59.6 Å². The second-order valence-electron chi connectivity index (χ2n) is 6.45. The number of guanidine groups is 1. The van der Waals surface area contributed by atoms with E-state index in [1.54, 1.807) is 7.11 Å². The normalized spacial score (nSPS) is 10.7. The molecular weight excluding hydrogens is 479 g/mol. The van der Waals surface area contributed by atoms with Crippen LogP contribution in [0.4, 0.5) is 0 Å². The maximum atomic E-state index is 12.1. The van der Waals surface area contributed by atoms with Crippen molar-refractivity contribution in [3.8, 4) is 5.75 Å². The Morgan fingerprint density at radius 3 is 2.34 bits per heavy atom. The first-order valence-corrected chi connectivity index (χ1v) is 9.55. The van der Waals surface area contributed by atoms with Gasteiger partial charge in [0.05, 0.1) is 13.7 Å². The highest BCUT2D eigenvalue weighted by Gasteiger charge is 2.07. The minimum absolute atomic E-state index is 0. The Bertz CT molecular complexity index is 751. The van der Waals surface area contributed by atoms with Gasteiger partial charge in [0, 0.05) is 33.1 Å².